The van der Waals surface area contributed by atoms with Gasteiger partial charge in [-0.25, -0.2) is 4.39 Å². The van der Waals surface area contributed by atoms with Gasteiger partial charge < -0.3 is 9.84 Å². The maximum absolute atomic E-state index is 13.6. The summed E-state index contributed by atoms with van der Waals surface area (Å²) in [6.07, 6.45) is 3.54. The zero-order valence-corrected chi connectivity index (χ0v) is 10.4. The van der Waals surface area contributed by atoms with Gasteiger partial charge in [-0.2, -0.15) is 0 Å². The van der Waals surface area contributed by atoms with Crippen molar-refractivity contribution in [2.24, 2.45) is 5.92 Å². The average molecular weight is 238 g/mol. The molecule has 3 heteroatoms. The fourth-order valence-electron chi connectivity index (χ4n) is 2.69. The van der Waals surface area contributed by atoms with Gasteiger partial charge in [0.15, 0.2) is 11.6 Å². The summed E-state index contributed by atoms with van der Waals surface area (Å²) in [7, 11) is 1.44. The third-order valence-corrected chi connectivity index (χ3v) is 3.86. The molecule has 0 bridgehead atoms. The lowest BCUT2D eigenvalue weighted by molar-refractivity contribution is 0.0394. The molecule has 0 heterocycles. The third kappa shape index (κ3) is 2.29. The van der Waals surface area contributed by atoms with Crippen molar-refractivity contribution in [2.45, 2.75) is 38.2 Å². The van der Waals surface area contributed by atoms with E-state index in [0.29, 0.717) is 11.5 Å². The summed E-state index contributed by atoms with van der Waals surface area (Å²) < 4.78 is 18.5. The van der Waals surface area contributed by atoms with Crippen molar-refractivity contribution in [3.8, 4) is 5.75 Å². The van der Waals surface area contributed by atoms with E-state index in [1.165, 1.54) is 13.2 Å². The Labute approximate surface area is 101 Å². The van der Waals surface area contributed by atoms with Gasteiger partial charge in [0.25, 0.3) is 0 Å². The van der Waals surface area contributed by atoms with Gasteiger partial charge >= 0.3 is 0 Å². The molecule has 2 rings (SSSR count). The molecule has 0 aliphatic heterocycles. The summed E-state index contributed by atoms with van der Waals surface area (Å²) in [5, 5.41) is 10.5. The first-order valence-electron chi connectivity index (χ1n) is 6.15. The van der Waals surface area contributed by atoms with Gasteiger partial charge in [-0.05, 0) is 42.9 Å². The van der Waals surface area contributed by atoms with Crippen molar-refractivity contribution in [1.29, 1.82) is 0 Å². The summed E-state index contributed by atoms with van der Waals surface area (Å²) in [5.41, 5.74) is -0.180. The minimum atomic E-state index is -0.853. The Kier molecular flexibility index (Phi) is 3.38. The molecule has 0 aromatic heterocycles. The van der Waals surface area contributed by atoms with Crippen molar-refractivity contribution in [3.05, 3.63) is 29.6 Å². The quantitative estimate of drug-likeness (QED) is 0.876. The van der Waals surface area contributed by atoms with Crippen LogP contribution in [-0.4, -0.2) is 12.2 Å². The maximum Gasteiger partial charge on any atom is 0.165 e. The number of halogens is 1. The number of aliphatic hydroxyl groups is 1. The predicted molar refractivity (Wildman–Crippen MR) is 64.5 cm³/mol. The molecule has 17 heavy (non-hydrogen) atoms. The van der Waals surface area contributed by atoms with Gasteiger partial charge in [0.1, 0.15) is 0 Å². The second kappa shape index (κ2) is 4.65. The van der Waals surface area contributed by atoms with Gasteiger partial charge in [0.05, 0.1) is 12.7 Å². The lowest BCUT2D eigenvalue weighted by atomic mass is 9.90. The molecule has 1 aromatic carbocycles. The molecule has 1 fully saturated rings. The molecular weight excluding hydrogens is 219 g/mol. The van der Waals surface area contributed by atoms with Crippen molar-refractivity contribution in [2.75, 3.05) is 7.11 Å². The lowest BCUT2D eigenvalue weighted by Crippen LogP contribution is -2.22. The smallest absolute Gasteiger partial charge is 0.165 e. The first kappa shape index (κ1) is 12.4. The Hall–Kier alpha value is -1.09. The van der Waals surface area contributed by atoms with Crippen molar-refractivity contribution >= 4 is 0 Å². The minimum Gasteiger partial charge on any atom is -0.494 e. The van der Waals surface area contributed by atoms with Gasteiger partial charge in [-0.3, -0.25) is 0 Å². The zero-order chi connectivity index (χ0) is 12.5. The van der Waals surface area contributed by atoms with Crippen LogP contribution >= 0.6 is 0 Å². The van der Waals surface area contributed by atoms with E-state index in [1.54, 1.807) is 12.1 Å². The van der Waals surface area contributed by atoms with Crippen LogP contribution in [0.5, 0.6) is 5.75 Å². The Balaban J connectivity index is 2.25. The largest absolute Gasteiger partial charge is 0.494 e. The van der Waals surface area contributed by atoms with Crippen LogP contribution in [0.25, 0.3) is 0 Å². The molecule has 0 saturated heterocycles. The first-order chi connectivity index (χ1) is 8.09. The van der Waals surface area contributed by atoms with Crippen molar-refractivity contribution < 1.29 is 14.2 Å². The summed E-state index contributed by atoms with van der Waals surface area (Å²) in [4.78, 5) is 0. The highest BCUT2D eigenvalue weighted by molar-refractivity contribution is 5.33. The molecule has 1 aliphatic rings. The van der Waals surface area contributed by atoms with Gasteiger partial charge in [0.2, 0.25) is 0 Å². The monoisotopic (exact) mass is 238 g/mol. The summed E-state index contributed by atoms with van der Waals surface area (Å²) in [5.74, 6) is 0.367. The fraction of sp³-hybridized carbons (Fsp3) is 0.571. The maximum atomic E-state index is 13.6. The van der Waals surface area contributed by atoms with E-state index in [1.807, 2.05) is 0 Å². The van der Waals surface area contributed by atoms with Crippen LogP contribution in [-0.2, 0) is 5.60 Å². The number of hydrogen-bond acceptors (Lipinski definition) is 2. The SMILES string of the molecule is CCC1CCC(O)(c2ccc(OC)c(F)c2)C1. The second-order valence-electron chi connectivity index (χ2n) is 4.90. The molecule has 0 spiro atoms. The molecular formula is C14H19FO2. The minimum absolute atomic E-state index is 0.224. The Morgan fingerprint density at radius 1 is 1.53 bits per heavy atom. The number of benzene rings is 1. The second-order valence-corrected chi connectivity index (χ2v) is 4.90. The van der Waals surface area contributed by atoms with Crippen molar-refractivity contribution in [1.82, 2.24) is 0 Å². The Morgan fingerprint density at radius 2 is 2.29 bits per heavy atom. The molecule has 1 N–H and O–H groups in total. The van der Waals surface area contributed by atoms with Crippen LogP contribution < -0.4 is 4.74 Å². The van der Waals surface area contributed by atoms with E-state index in [2.05, 4.69) is 6.92 Å². The molecule has 2 nitrogen and oxygen atoms in total. The van der Waals surface area contributed by atoms with Crippen LogP contribution in [0.4, 0.5) is 4.39 Å². The molecule has 2 atom stereocenters. The first-order valence-corrected chi connectivity index (χ1v) is 6.15. The van der Waals surface area contributed by atoms with Crippen LogP contribution in [0, 0.1) is 11.7 Å². The van der Waals surface area contributed by atoms with Gasteiger partial charge in [0, 0.05) is 0 Å². The lowest BCUT2D eigenvalue weighted by Gasteiger charge is -2.23. The van der Waals surface area contributed by atoms with Crippen LogP contribution in [0.2, 0.25) is 0 Å². The highest BCUT2D eigenvalue weighted by Gasteiger charge is 2.38. The fourth-order valence-corrected chi connectivity index (χ4v) is 2.69. The van der Waals surface area contributed by atoms with E-state index in [-0.39, 0.29) is 5.75 Å². The van der Waals surface area contributed by atoms with Crippen LogP contribution in [0.15, 0.2) is 18.2 Å². The zero-order valence-electron chi connectivity index (χ0n) is 10.4. The van der Waals surface area contributed by atoms with E-state index >= 15 is 0 Å². The Bertz CT molecular complexity index is 405. The molecule has 1 aromatic rings. The summed E-state index contributed by atoms with van der Waals surface area (Å²) in [6, 6.07) is 4.75. The molecule has 0 radical (unpaired) electrons. The van der Waals surface area contributed by atoms with E-state index in [9.17, 15) is 9.50 Å². The van der Waals surface area contributed by atoms with E-state index < -0.39 is 11.4 Å². The topological polar surface area (TPSA) is 29.5 Å². The highest BCUT2D eigenvalue weighted by atomic mass is 19.1. The average Bonchev–Trinajstić information content (AvgIpc) is 2.72. The highest BCUT2D eigenvalue weighted by Crippen LogP contribution is 2.43. The number of hydrogen-bond donors (Lipinski definition) is 1. The number of rotatable bonds is 3. The summed E-state index contributed by atoms with van der Waals surface area (Å²) >= 11 is 0. The van der Waals surface area contributed by atoms with E-state index in [0.717, 1.165) is 25.7 Å². The molecule has 1 saturated carbocycles. The van der Waals surface area contributed by atoms with Crippen LogP contribution in [0.1, 0.15) is 38.2 Å². The Morgan fingerprint density at radius 3 is 2.82 bits per heavy atom. The molecule has 2 unspecified atom stereocenters. The van der Waals surface area contributed by atoms with Gasteiger partial charge in [-0.15, -0.1) is 0 Å². The standard InChI is InChI=1S/C14H19FO2/c1-3-10-6-7-14(16,9-10)11-4-5-13(17-2)12(15)8-11/h4-5,8,10,16H,3,6-7,9H2,1-2H3. The molecule has 1 aliphatic carbocycles. The number of methoxy groups -OCH3 is 1. The van der Waals surface area contributed by atoms with Gasteiger partial charge in [-0.1, -0.05) is 19.4 Å². The summed E-state index contributed by atoms with van der Waals surface area (Å²) in [6.45, 7) is 2.13. The molecule has 0 amide bonds. The van der Waals surface area contributed by atoms with E-state index in [4.69, 9.17) is 4.74 Å². The molecule has 94 valence electrons. The predicted octanol–water partition coefficient (Wildman–Crippen LogP) is 3.23. The number of ether oxygens (including phenoxy) is 1. The van der Waals surface area contributed by atoms with Crippen LogP contribution in [0.3, 0.4) is 0 Å². The third-order valence-electron chi connectivity index (χ3n) is 3.86. The van der Waals surface area contributed by atoms with Crippen molar-refractivity contribution in [3.63, 3.8) is 0 Å². The normalized spacial score (nSPS) is 28.4.